The summed E-state index contributed by atoms with van der Waals surface area (Å²) in [7, 11) is 0. The lowest BCUT2D eigenvalue weighted by atomic mass is 9.91. The molecule has 82 valence electrons. The van der Waals surface area contributed by atoms with Crippen molar-refractivity contribution in [1.29, 1.82) is 0 Å². The largest absolute Gasteiger partial charge is 0.345 e. The van der Waals surface area contributed by atoms with Gasteiger partial charge in [0.2, 0.25) is 0 Å². The molecule has 1 fully saturated rings. The van der Waals surface area contributed by atoms with E-state index in [1.54, 1.807) is 0 Å². The summed E-state index contributed by atoms with van der Waals surface area (Å²) in [4.78, 5) is 11.6. The Morgan fingerprint density at radius 2 is 2.27 bits per heavy atom. The molecular formula is C8H14N6O. The summed E-state index contributed by atoms with van der Waals surface area (Å²) >= 11 is 0. The number of rotatable bonds is 2. The van der Waals surface area contributed by atoms with E-state index in [2.05, 4.69) is 25.9 Å². The van der Waals surface area contributed by atoms with E-state index in [1.807, 2.05) is 0 Å². The molecule has 15 heavy (non-hydrogen) atoms. The molecule has 0 radical (unpaired) electrons. The van der Waals surface area contributed by atoms with Crippen LogP contribution in [0.2, 0.25) is 0 Å². The highest BCUT2D eigenvalue weighted by Gasteiger charge is 2.24. The van der Waals surface area contributed by atoms with E-state index in [1.165, 1.54) is 0 Å². The van der Waals surface area contributed by atoms with E-state index < -0.39 is 0 Å². The van der Waals surface area contributed by atoms with Crippen molar-refractivity contribution in [2.24, 2.45) is 5.73 Å². The van der Waals surface area contributed by atoms with E-state index in [-0.39, 0.29) is 23.8 Å². The molecule has 1 amide bonds. The first-order valence-corrected chi connectivity index (χ1v) is 5.07. The molecule has 2 atom stereocenters. The van der Waals surface area contributed by atoms with Gasteiger partial charge in [-0.2, -0.15) is 5.21 Å². The highest BCUT2D eigenvalue weighted by molar-refractivity contribution is 5.90. The minimum Gasteiger partial charge on any atom is -0.345 e. The van der Waals surface area contributed by atoms with Crippen LogP contribution in [-0.2, 0) is 0 Å². The normalized spacial score (nSPS) is 26.2. The highest BCUT2D eigenvalue weighted by atomic mass is 16.2. The lowest BCUT2D eigenvalue weighted by Crippen LogP contribution is -2.49. The third kappa shape index (κ3) is 2.30. The Morgan fingerprint density at radius 1 is 1.47 bits per heavy atom. The summed E-state index contributed by atoms with van der Waals surface area (Å²) in [5.41, 5.74) is 5.90. The van der Waals surface area contributed by atoms with Gasteiger partial charge in [-0.1, -0.05) is 12.8 Å². The van der Waals surface area contributed by atoms with Gasteiger partial charge in [-0.3, -0.25) is 4.79 Å². The Kier molecular flexibility index (Phi) is 2.91. The second kappa shape index (κ2) is 4.35. The number of amides is 1. The Balaban J connectivity index is 1.93. The number of nitrogens with one attached hydrogen (secondary N) is 2. The standard InChI is InChI=1S/C8H14N6O/c9-5-3-1-2-4-6(5)10-8(15)7-11-13-14-12-7/h5-6H,1-4,9H2,(H,10,15)(H,11,12,13,14). The van der Waals surface area contributed by atoms with Gasteiger partial charge in [0.05, 0.1) is 0 Å². The number of hydrogen-bond donors (Lipinski definition) is 3. The summed E-state index contributed by atoms with van der Waals surface area (Å²) in [6, 6.07) is 0.0688. The first-order chi connectivity index (χ1) is 7.27. The fourth-order valence-electron chi connectivity index (χ4n) is 1.83. The van der Waals surface area contributed by atoms with Crippen molar-refractivity contribution >= 4 is 5.91 Å². The second-order valence-corrected chi connectivity index (χ2v) is 3.76. The van der Waals surface area contributed by atoms with Crippen molar-refractivity contribution in [3.63, 3.8) is 0 Å². The van der Waals surface area contributed by atoms with Crippen LogP contribution in [0, 0.1) is 0 Å². The number of hydrogen-bond acceptors (Lipinski definition) is 5. The van der Waals surface area contributed by atoms with Crippen molar-refractivity contribution in [3.05, 3.63) is 5.82 Å². The second-order valence-electron chi connectivity index (χ2n) is 3.76. The number of tetrazole rings is 1. The topological polar surface area (TPSA) is 110 Å². The van der Waals surface area contributed by atoms with Gasteiger partial charge in [-0.25, -0.2) is 0 Å². The monoisotopic (exact) mass is 210 g/mol. The molecule has 2 rings (SSSR count). The zero-order valence-electron chi connectivity index (χ0n) is 8.31. The molecule has 1 aliphatic carbocycles. The lowest BCUT2D eigenvalue weighted by Gasteiger charge is -2.28. The quantitative estimate of drug-likeness (QED) is 0.592. The first kappa shape index (κ1) is 10.0. The Labute approximate surface area is 86.8 Å². The molecule has 0 spiro atoms. The van der Waals surface area contributed by atoms with Gasteiger partial charge in [0.1, 0.15) is 0 Å². The van der Waals surface area contributed by atoms with Crippen molar-refractivity contribution in [2.75, 3.05) is 0 Å². The summed E-state index contributed by atoms with van der Waals surface area (Å²) in [5, 5.41) is 15.6. The fraction of sp³-hybridized carbons (Fsp3) is 0.750. The zero-order valence-corrected chi connectivity index (χ0v) is 8.31. The number of carbonyl (C=O) groups excluding carboxylic acids is 1. The van der Waals surface area contributed by atoms with Gasteiger partial charge >= 0.3 is 0 Å². The number of nitrogens with zero attached hydrogens (tertiary/aromatic N) is 3. The molecular weight excluding hydrogens is 196 g/mol. The van der Waals surface area contributed by atoms with Crippen LogP contribution in [0.25, 0.3) is 0 Å². The predicted molar refractivity (Wildman–Crippen MR) is 51.9 cm³/mol. The van der Waals surface area contributed by atoms with E-state index in [4.69, 9.17) is 5.73 Å². The van der Waals surface area contributed by atoms with Crippen molar-refractivity contribution in [2.45, 2.75) is 37.8 Å². The number of aromatic amines is 1. The zero-order chi connectivity index (χ0) is 10.7. The van der Waals surface area contributed by atoms with Crippen molar-refractivity contribution in [3.8, 4) is 0 Å². The van der Waals surface area contributed by atoms with Crippen LogP contribution in [0.4, 0.5) is 0 Å². The van der Waals surface area contributed by atoms with Gasteiger partial charge in [0, 0.05) is 12.1 Å². The van der Waals surface area contributed by atoms with Crippen molar-refractivity contribution in [1.82, 2.24) is 25.9 Å². The van der Waals surface area contributed by atoms with Gasteiger partial charge < -0.3 is 11.1 Å². The average Bonchev–Trinajstić information content (AvgIpc) is 2.74. The van der Waals surface area contributed by atoms with Crippen LogP contribution in [0.5, 0.6) is 0 Å². The predicted octanol–water partition coefficient (Wildman–Crippen LogP) is -0.801. The van der Waals surface area contributed by atoms with Gasteiger partial charge in [-0.15, -0.1) is 10.2 Å². The Morgan fingerprint density at radius 3 is 2.93 bits per heavy atom. The third-order valence-electron chi connectivity index (χ3n) is 2.68. The SMILES string of the molecule is NC1CCCCC1NC(=O)c1nn[nH]n1. The van der Waals surface area contributed by atoms with Crippen LogP contribution in [0.1, 0.15) is 36.3 Å². The highest BCUT2D eigenvalue weighted by Crippen LogP contribution is 2.16. The lowest BCUT2D eigenvalue weighted by molar-refractivity contribution is 0.0910. The van der Waals surface area contributed by atoms with Gasteiger partial charge in [0.15, 0.2) is 0 Å². The maximum atomic E-state index is 11.6. The Bertz CT molecular complexity index is 324. The third-order valence-corrected chi connectivity index (χ3v) is 2.68. The molecule has 1 aromatic heterocycles. The molecule has 0 aromatic carbocycles. The number of nitrogens with two attached hydrogens (primary N) is 1. The molecule has 1 heterocycles. The fourth-order valence-corrected chi connectivity index (χ4v) is 1.83. The van der Waals surface area contributed by atoms with Crippen LogP contribution in [0.15, 0.2) is 0 Å². The summed E-state index contributed by atoms with van der Waals surface area (Å²) in [5.74, 6) is -0.251. The summed E-state index contributed by atoms with van der Waals surface area (Å²) < 4.78 is 0. The molecule has 2 unspecified atom stereocenters. The molecule has 1 aromatic rings. The summed E-state index contributed by atoms with van der Waals surface area (Å²) in [6.07, 6.45) is 4.11. The number of H-pyrrole nitrogens is 1. The first-order valence-electron chi connectivity index (χ1n) is 5.07. The number of carbonyl (C=O) groups is 1. The molecule has 4 N–H and O–H groups in total. The maximum Gasteiger partial charge on any atom is 0.293 e. The molecule has 7 heteroatoms. The minimum atomic E-state index is -0.314. The molecule has 1 saturated carbocycles. The van der Waals surface area contributed by atoms with E-state index in [9.17, 15) is 4.79 Å². The van der Waals surface area contributed by atoms with Crippen LogP contribution >= 0.6 is 0 Å². The van der Waals surface area contributed by atoms with Gasteiger partial charge in [0.25, 0.3) is 11.7 Å². The smallest absolute Gasteiger partial charge is 0.293 e. The van der Waals surface area contributed by atoms with E-state index in [0.717, 1.165) is 25.7 Å². The van der Waals surface area contributed by atoms with Crippen LogP contribution in [-0.4, -0.2) is 38.6 Å². The van der Waals surface area contributed by atoms with Crippen molar-refractivity contribution < 1.29 is 4.79 Å². The number of aromatic nitrogens is 4. The van der Waals surface area contributed by atoms with Crippen LogP contribution in [0.3, 0.4) is 0 Å². The van der Waals surface area contributed by atoms with E-state index >= 15 is 0 Å². The Hall–Kier alpha value is -1.50. The molecule has 0 bridgehead atoms. The average molecular weight is 210 g/mol. The molecule has 0 aliphatic heterocycles. The van der Waals surface area contributed by atoms with Gasteiger partial charge in [-0.05, 0) is 18.1 Å². The summed E-state index contributed by atoms with van der Waals surface area (Å²) in [6.45, 7) is 0. The van der Waals surface area contributed by atoms with E-state index in [0.29, 0.717) is 0 Å². The minimum absolute atomic E-state index is 0.0322. The maximum absolute atomic E-state index is 11.6. The molecule has 7 nitrogen and oxygen atoms in total. The molecule has 0 saturated heterocycles. The van der Waals surface area contributed by atoms with Crippen LogP contribution < -0.4 is 11.1 Å². The molecule has 1 aliphatic rings.